The molecule has 1 rings (SSSR count). The van der Waals surface area contributed by atoms with Gasteiger partial charge >= 0.3 is 93.6 Å². The smallest absolute Gasteiger partial charge is 0.347 e. The molecule has 0 aliphatic carbocycles. The molecule has 0 radical (unpaired) electrons. The van der Waals surface area contributed by atoms with E-state index in [-0.39, 0.29) is 0 Å². The van der Waals surface area contributed by atoms with E-state index in [1.807, 2.05) is 0 Å². The van der Waals surface area contributed by atoms with Crippen LogP contribution in [0.4, 0.5) is 0 Å². The molecule has 1 aliphatic heterocycles. The zero-order chi connectivity index (χ0) is 46.6. The van der Waals surface area contributed by atoms with Gasteiger partial charge in [0.25, 0.3) is 0 Å². The SMILES string of the molecule is O=S(=O)(O)OC[C@@H](OS(=O)(=O)O)[C@H](OS(=O)(=O)O)[C@@H](OS(=O)(=O)O)[C@H](CO[C@@H]1O[C@H](COS(=O)(=O)O)[C@@H](OS(=O)(=O)O)[C@@H](OS(=O)(=O)O)[C@@H]1OS(=O)(=O)O)OS(=O)(=O)O. The van der Waals surface area contributed by atoms with Gasteiger partial charge in [-0.25, -0.2) is 37.6 Å². The molecule has 0 aromatic heterocycles. The van der Waals surface area contributed by atoms with Crippen LogP contribution in [0.3, 0.4) is 0 Å². The Morgan fingerprint density at radius 2 is 0.729 bits per heavy atom. The van der Waals surface area contributed by atoms with Crippen molar-refractivity contribution in [3.05, 3.63) is 0 Å². The third kappa shape index (κ3) is 24.8. The molecule has 38 nitrogen and oxygen atoms in total. The van der Waals surface area contributed by atoms with Crippen molar-refractivity contribution in [2.75, 3.05) is 19.8 Å². The van der Waals surface area contributed by atoms with Crippen LogP contribution in [-0.4, -0.2) is 192 Å². The monoisotopic (exact) mass is 1060 g/mol. The first-order valence-corrected chi connectivity index (χ1v) is 25.2. The molecule has 1 aliphatic rings. The van der Waals surface area contributed by atoms with Gasteiger partial charge in [-0.15, -0.1) is 0 Å². The topological polar surface area (TPSA) is 591 Å². The van der Waals surface area contributed by atoms with Crippen molar-refractivity contribution >= 4 is 93.6 Å². The first-order chi connectivity index (χ1) is 25.8. The largest absolute Gasteiger partial charge is 0.397 e. The van der Waals surface area contributed by atoms with Crippen LogP contribution in [0.5, 0.6) is 0 Å². The molecule has 1 saturated heterocycles. The summed E-state index contributed by atoms with van der Waals surface area (Å²) in [5.74, 6) is 0. The van der Waals surface area contributed by atoms with Crippen LogP contribution < -0.4 is 0 Å². The lowest BCUT2D eigenvalue weighted by molar-refractivity contribution is -0.292. The average molecular weight is 1060 g/mol. The van der Waals surface area contributed by atoms with Gasteiger partial charge in [-0.3, -0.25) is 41.0 Å². The molecule has 9 N–H and O–H groups in total. The lowest BCUT2D eigenvalue weighted by atomic mass is 9.99. The van der Waals surface area contributed by atoms with E-state index in [4.69, 9.17) is 23.1 Å². The summed E-state index contributed by atoms with van der Waals surface area (Å²) in [6.45, 7) is -6.58. The molecule has 0 aromatic carbocycles. The minimum absolute atomic E-state index is 1.95. The van der Waals surface area contributed by atoms with E-state index in [1.165, 1.54) is 0 Å². The molecule has 1 heterocycles. The van der Waals surface area contributed by atoms with Gasteiger partial charge in [0.15, 0.2) is 12.4 Å². The van der Waals surface area contributed by atoms with Crippen molar-refractivity contribution < 1.29 is 164 Å². The van der Waals surface area contributed by atoms with Crippen LogP contribution in [0.15, 0.2) is 0 Å². The van der Waals surface area contributed by atoms with E-state index < -0.39 is 169 Å². The minimum Gasteiger partial charge on any atom is -0.347 e. The zero-order valence-electron chi connectivity index (χ0n) is 26.9. The molecule has 354 valence electrons. The molecule has 0 aromatic rings. The molecule has 0 bridgehead atoms. The number of hydrogen-bond acceptors (Lipinski definition) is 29. The van der Waals surface area contributed by atoms with Gasteiger partial charge in [0.1, 0.15) is 42.7 Å². The Balaban J connectivity index is 4.25. The summed E-state index contributed by atoms with van der Waals surface area (Å²) in [7, 11) is -55.4. The van der Waals surface area contributed by atoms with Gasteiger partial charge in [-0.1, -0.05) is 0 Å². The Kier molecular flexibility index (Phi) is 19.0. The third-order valence-electron chi connectivity index (χ3n) is 5.49. The van der Waals surface area contributed by atoms with Gasteiger partial charge in [0.05, 0.1) is 19.8 Å². The fourth-order valence-corrected chi connectivity index (χ4v) is 8.09. The number of ether oxygens (including phenoxy) is 2. The van der Waals surface area contributed by atoms with Crippen LogP contribution in [-0.2, 0) is 141 Å². The highest BCUT2D eigenvalue weighted by molar-refractivity contribution is 7.82. The van der Waals surface area contributed by atoms with Crippen LogP contribution >= 0.6 is 0 Å². The highest BCUT2D eigenvalue weighted by Gasteiger charge is 2.55. The Morgan fingerprint density at radius 1 is 0.390 bits per heavy atom. The lowest BCUT2D eigenvalue weighted by Crippen LogP contribution is -2.63. The quantitative estimate of drug-likeness (QED) is 0.0363. The van der Waals surface area contributed by atoms with Gasteiger partial charge in [0.2, 0.25) is 0 Å². The lowest BCUT2D eigenvalue weighted by Gasteiger charge is -2.43. The van der Waals surface area contributed by atoms with Gasteiger partial charge in [-0.05, 0) is 0 Å². The summed E-state index contributed by atoms with van der Waals surface area (Å²) in [5.41, 5.74) is 0. The Hall–Kier alpha value is -1.25. The van der Waals surface area contributed by atoms with E-state index in [0.29, 0.717) is 0 Å². The molecule has 0 unspecified atom stereocenters. The second-order valence-corrected chi connectivity index (χ2v) is 19.4. The molecular formula is C12H24O38S9. The van der Waals surface area contributed by atoms with Crippen LogP contribution in [0.2, 0.25) is 0 Å². The maximum Gasteiger partial charge on any atom is 0.397 e. The average Bonchev–Trinajstić information content (AvgIpc) is 2.92. The standard InChI is InChI=1S/C12H24O38S9/c13-51(14,15)41-2-4-7(46-55(25,26)27)10(49-58(34,35)36)11(50-59(37,38)39)12(43-4)40-1-5(44-53(19,20)21)8(47-56(28,29)30)9(48-57(31,32)33)6(45-54(22,23)24)3-42-52(16,17)18/h4-12H,1-3H2,(H,13,14,15)(H,16,17,18)(H,19,20,21)(H,22,23,24)(H,25,26,27)(H,28,29,30)(H,31,32,33)(H,34,35,36)(H,37,38,39)/t4-,5+,6-,7-,8+,9+,10-,11+,12-/m1/s1. The van der Waals surface area contributed by atoms with Crippen molar-refractivity contribution in [3.8, 4) is 0 Å². The third-order valence-corrected chi connectivity index (χ3v) is 9.66. The fraction of sp³-hybridized carbons (Fsp3) is 1.00. The van der Waals surface area contributed by atoms with Gasteiger partial charge in [-0.2, -0.15) is 75.8 Å². The molecule has 0 spiro atoms. The first-order valence-electron chi connectivity index (χ1n) is 12.9. The van der Waals surface area contributed by atoms with E-state index in [1.54, 1.807) is 0 Å². The minimum atomic E-state index is -6.43. The normalized spacial score (nSPS) is 24.3. The molecular weight excluding hydrogens is 1040 g/mol. The highest BCUT2D eigenvalue weighted by atomic mass is 32.3. The van der Waals surface area contributed by atoms with Crippen molar-refractivity contribution in [2.24, 2.45) is 0 Å². The van der Waals surface area contributed by atoms with Crippen molar-refractivity contribution in [1.29, 1.82) is 0 Å². The van der Waals surface area contributed by atoms with Gasteiger partial charge < -0.3 is 9.47 Å². The second-order valence-electron chi connectivity index (χ2n) is 9.87. The molecule has 59 heavy (non-hydrogen) atoms. The summed E-state index contributed by atoms with van der Waals surface area (Å²) >= 11 is 0. The maximum atomic E-state index is 11.8. The Morgan fingerprint density at radius 3 is 1.07 bits per heavy atom. The van der Waals surface area contributed by atoms with Crippen molar-refractivity contribution in [3.63, 3.8) is 0 Å². The summed E-state index contributed by atoms with van der Waals surface area (Å²) in [6, 6.07) is 0. The predicted molar refractivity (Wildman–Crippen MR) is 165 cm³/mol. The van der Waals surface area contributed by atoms with Crippen LogP contribution in [0.1, 0.15) is 0 Å². The zero-order valence-corrected chi connectivity index (χ0v) is 34.2. The van der Waals surface area contributed by atoms with Crippen LogP contribution in [0.25, 0.3) is 0 Å². The second kappa shape index (κ2) is 20.1. The van der Waals surface area contributed by atoms with E-state index >= 15 is 0 Å². The fourth-order valence-electron chi connectivity index (χ4n) is 4.00. The molecule has 1 fully saturated rings. The van der Waals surface area contributed by atoms with Crippen LogP contribution in [0, 0.1) is 0 Å². The number of hydrogen-bond donors (Lipinski definition) is 9. The summed E-state index contributed by atoms with van der Waals surface area (Å²) in [4.78, 5) is 0. The maximum absolute atomic E-state index is 11.8. The summed E-state index contributed by atoms with van der Waals surface area (Å²) in [5, 5.41) is 0. The van der Waals surface area contributed by atoms with E-state index in [9.17, 15) is 103 Å². The highest BCUT2D eigenvalue weighted by Crippen LogP contribution is 2.33. The molecule has 9 atom stereocenters. The van der Waals surface area contributed by atoms with E-state index in [0.717, 1.165) is 0 Å². The Bertz CT molecular complexity index is 2470. The van der Waals surface area contributed by atoms with E-state index in [2.05, 4.69) is 37.6 Å². The predicted octanol–water partition coefficient (Wildman–Crippen LogP) is -7.32. The molecule has 47 heteroatoms. The first kappa shape index (κ1) is 55.8. The summed E-state index contributed by atoms with van der Waals surface area (Å²) < 4.78 is 336. The number of rotatable bonds is 26. The van der Waals surface area contributed by atoms with Gasteiger partial charge in [0, 0.05) is 0 Å². The molecule has 0 saturated carbocycles. The van der Waals surface area contributed by atoms with Crippen molar-refractivity contribution in [2.45, 2.75) is 55.1 Å². The molecule has 0 amide bonds. The van der Waals surface area contributed by atoms with Crippen molar-refractivity contribution in [1.82, 2.24) is 0 Å². The summed E-state index contributed by atoms with van der Waals surface area (Å²) in [6.07, 6.45) is -30.7. The Labute approximate surface area is 331 Å².